The molecule has 0 heterocycles. The highest BCUT2D eigenvalue weighted by atomic mass is 15.1. The van der Waals surface area contributed by atoms with Crippen LogP contribution in [0.25, 0.3) is 0 Å². The average Bonchev–Trinajstić information content (AvgIpc) is 2.47. The Bertz CT molecular complexity index is 261. The van der Waals surface area contributed by atoms with Crippen LogP contribution < -0.4 is 0 Å². The summed E-state index contributed by atoms with van der Waals surface area (Å²) in [6.07, 6.45) is 13.3. The number of allylic oxidation sites excluding steroid dienone is 2. The zero-order chi connectivity index (χ0) is 14.8. The van der Waals surface area contributed by atoms with Gasteiger partial charge in [0.2, 0.25) is 0 Å². The minimum absolute atomic E-state index is 0.894. The second-order valence-corrected chi connectivity index (χ2v) is 6.90. The van der Waals surface area contributed by atoms with Gasteiger partial charge < -0.3 is 4.90 Å². The molecule has 0 N–H and O–H groups in total. The molecule has 0 bridgehead atoms. The fourth-order valence-corrected chi connectivity index (χ4v) is 3.22. The normalized spacial score (nSPS) is 21.1. The molecule has 118 valence electrons. The minimum Gasteiger partial charge on any atom is -0.303 e. The summed E-state index contributed by atoms with van der Waals surface area (Å²) in [5, 5.41) is 0. The van der Waals surface area contributed by atoms with Gasteiger partial charge in [-0.3, -0.25) is 0 Å². The van der Waals surface area contributed by atoms with Gasteiger partial charge in [0.1, 0.15) is 0 Å². The van der Waals surface area contributed by atoms with Crippen molar-refractivity contribution in [3.05, 3.63) is 11.6 Å². The van der Waals surface area contributed by atoms with Crippen molar-refractivity contribution in [1.29, 1.82) is 0 Å². The predicted octanol–water partition coefficient (Wildman–Crippen LogP) is 5.66. The Morgan fingerprint density at radius 1 is 1.15 bits per heavy atom. The molecule has 0 spiro atoms. The van der Waals surface area contributed by atoms with Gasteiger partial charge in [0, 0.05) is 0 Å². The summed E-state index contributed by atoms with van der Waals surface area (Å²) in [5.74, 6) is 1.84. The summed E-state index contributed by atoms with van der Waals surface area (Å²) in [5.41, 5.74) is 1.61. The van der Waals surface area contributed by atoms with Crippen LogP contribution >= 0.6 is 0 Å². The van der Waals surface area contributed by atoms with Gasteiger partial charge in [-0.2, -0.15) is 0 Å². The van der Waals surface area contributed by atoms with E-state index in [1.165, 1.54) is 71.0 Å². The highest BCUT2D eigenvalue weighted by Crippen LogP contribution is 2.30. The van der Waals surface area contributed by atoms with E-state index in [1.54, 1.807) is 5.57 Å². The van der Waals surface area contributed by atoms with Crippen LogP contribution in [-0.2, 0) is 0 Å². The fourth-order valence-electron chi connectivity index (χ4n) is 3.22. The Labute approximate surface area is 127 Å². The van der Waals surface area contributed by atoms with Gasteiger partial charge in [-0.25, -0.2) is 0 Å². The van der Waals surface area contributed by atoms with E-state index >= 15 is 0 Å². The van der Waals surface area contributed by atoms with E-state index in [4.69, 9.17) is 0 Å². The maximum atomic E-state index is 2.72. The van der Waals surface area contributed by atoms with E-state index in [0.29, 0.717) is 0 Å². The first-order valence-electron chi connectivity index (χ1n) is 9.05. The third kappa shape index (κ3) is 6.92. The SMILES string of the molecule is CCCCN(CCCC)CCC(C)C1CC=C(C)CC1. The molecule has 1 aliphatic rings. The lowest BCUT2D eigenvalue weighted by atomic mass is 9.80. The molecule has 0 aliphatic heterocycles. The minimum atomic E-state index is 0.894. The van der Waals surface area contributed by atoms with Crippen LogP contribution in [0.1, 0.15) is 79.1 Å². The van der Waals surface area contributed by atoms with Gasteiger partial charge in [-0.1, -0.05) is 45.3 Å². The highest BCUT2D eigenvalue weighted by Gasteiger charge is 2.19. The summed E-state index contributed by atoms with van der Waals surface area (Å²) < 4.78 is 0. The van der Waals surface area contributed by atoms with Crippen LogP contribution in [0.3, 0.4) is 0 Å². The molecule has 1 rings (SSSR count). The predicted molar refractivity (Wildman–Crippen MR) is 91.1 cm³/mol. The first-order valence-corrected chi connectivity index (χ1v) is 9.05. The maximum absolute atomic E-state index is 2.72. The second kappa shape index (κ2) is 10.4. The van der Waals surface area contributed by atoms with Crippen LogP contribution in [0, 0.1) is 11.8 Å². The first-order chi connectivity index (χ1) is 9.67. The zero-order valence-electron chi connectivity index (χ0n) is 14.5. The second-order valence-electron chi connectivity index (χ2n) is 6.90. The van der Waals surface area contributed by atoms with Crippen LogP contribution in [0.5, 0.6) is 0 Å². The largest absolute Gasteiger partial charge is 0.303 e. The lowest BCUT2D eigenvalue weighted by Gasteiger charge is -2.29. The molecule has 1 nitrogen and oxygen atoms in total. The molecule has 0 amide bonds. The van der Waals surface area contributed by atoms with Crippen molar-refractivity contribution in [3.63, 3.8) is 0 Å². The zero-order valence-corrected chi connectivity index (χ0v) is 14.5. The van der Waals surface area contributed by atoms with E-state index in [0.717, 1.165) is 11.8 Å². The molecule has 2 atom stereocenters. The summed E-state index contributed by atoms with van der Waals surface area (Å²) in [7, 11) is 0. The van der Waals surface area contributed by atoms with Crippen molar-refractivity contribution in [2.45, 2.75) is 79.1 Å². The van der Waals surface area contributed by atoms with Gasteiger partial charge in [0.15, 0.2) is 0 Å². The van der Waals surface area contributed by atoms with Gasteiger partial charge in [-0.05, 0) is 76.9 Å². The molecule has 0 aromatic heterocycles. The molecule has 1 aliphatic carbocycles. The van der Waals surface area contributed by atoms with E-state index < -0.39 is 0 Å². The Kier molecular flexibility index (Phi) is 9.26. The highest BCUT2D eigenvalue weighted by molar-refractivity contribution is 5.03. The number of hydrogen-bond acceptors (Lipinski definition) is 1. The summed E-state index contributed by atoms with van der Waals surface area (Å²) in [6.45, 7) is 13.3. The van der Waals surface area contributed by atoms with E-state index in [2.05, 4.69) is 38.7 Å². The van der Waals surface area contributed by atoms with Gasteiger partial charge >= 0.3 is 0 Å². The van der Waals surface area contributed by atoms with Crippen molar-refractivity contribution in [2.24, 2.45) is 11.8 Å². The topological polar surface area (TPSA) is 3.24 Å². The van der Waals surface area contributed by atoms with Crippen LogP contribution in [0.4, 0.5) is 0 Å². The van der Waals surface area contributed by atoms with Crippen LogP contribution in [-0.4, -0.2) is 24.5 Å². The Morgan fingerprint density at radius 2 is 1.80 bits per heavy atom. The molecule has 0 radical (unpaired) electrons. The summed E-state index contributed by atoms with van der Waals surface area (Å²) in [6, 6.07) is 0. The molecule has 2 unspecified atom stereocenters. The van der Waals surface area contributed by atoms with E-state index in [1.807, 2.05) is 0 Å². The lowest BCUT2D eigenvalue weighted by molar-refractivity contribution is 0.219. The van der Waals surface area contributed by atoms with Crippen molar-refractivity contribution < 1.29 is 0 Å². The van der Waals surface area contributed by atoms with Crippen molar-refractivity contribution >= 4 is 0 Å². The molecule has 0 aromatic rings. The Balaban J connectivity index is 2.29. The first kappa shape index (κ1) is 17.8. The molecule has 20 heavy (non-hydrogen) atoms. The smallest absolute Gasteiger partial charge is 0.00161 e. The van der Waals surface area contributed by atoms with Gasteiger partial charge in [0.25, 0.3) is 0 Å². The molecule has 1 heteroatoms. The third-order valence-electron chi connectivity index (χ3n) is 5.04. The Hall–Kier alpha value is -0.300. The van der Waals surface area contributed by atoms with Gasteiger partial charge in [-0.15, -0.1) is 0 Å². The van der Waals surface area contributed by atoms with E-state index in [-0.39, 0.29) is 0 Å². The molecule has 0 fully saturated rings. The molecular formula is C19H37N. The quantitative estimate of drug-likeness (QED) is 0.466. The number of rotatable bonds is 10. The summed E-state index contributed by atoms with van der Waals surface area (Å²) >= 11 is 0. The summed E-state index contributed by atoms with van der Waals surface area (Å²) in [4.78, 5) is 2.72. The standard InChI is InChI=1S/C19H37N/c1-5-7-14-20(15-8-6-2)16-13-18(4)19-11-9-17(3)10-12-19/h9,18-19H,5-8,10-16H2,1-4H3. The molecule has 0 saturated carbocycles. The fraction of sp³-hybridized carbons (Fsp3) is 0.895. The van der Waals surface area contributed by atoms with E-state index in [9.17, 15) is 0 Å². The van der Waals surface area contributed by atoms with Crippen molar-refractivity contribution in [1.82, 2.24) is 4.90 Å². The van der Waals surface area contributed by atoms with Crippen LogP contribution in [0.2, 0.25) is 0 Å². The van der Waals surface area contributed by atoms with Crippen molar-refractivity contribution in [3.8, 4) is 0 Å². The molecule has 0 saturated heterocycles. The lowest BCUT2D eigenvalue weighted by Crippen LogP contribution is -2.29. The number of nitrogens with zero attached hydrogens (tertiary/aromatic N) is 1. The third-order valence-corrected chi connectivity index (χ3v) is 5.04. The van der Waals surface area contributed by atoms with Crippen molar-refractivity contribution in [2.75, 3.05) is 19.6 Å². The molecular weight excluding hydrogens is 242 g/mol. The monoisotopic (exact) mass is 279 g/mol. The number of unbranched alkanes of at least 4 members (excludes halogenated alkanes) is 2. The molecule has 0 aromatic carbocycles. The maximum Gasteiger partial charge on any atom is -0.00161 e. The number of hydrogen-bond donors (Lipinski definition) is 0. The average molecular weight is 280 g/mol. The van der Waals surface area contributed by atoms with Crippen LogP contribution in [0.15, 0.2) is 11.6 Å². The Morgan fingerprint density at radius 3 is 2.30 bits per heavy atom. The van der Waals surface area contributed by atoms with Gasteiger partial charge in [0.05, 0.1) is 0 Å².